The molecule has 0 aromatic carbocycles. The highest BCUT2D eigenvalue weighted by Gasteiger charge is 2.52. The fraction of sp³-hybridized carbons (Fsp3) is 0.733. The summed E-state index contributed by atoms with van der Waals surface area (Å²) in [6.45, 7) is 1.97. The lowest BCUT2D eigenvalue weighted by molar-refractivity contribution is -0.161. The molecular formula is C15H21N3O. The van der Waals surface area contributed by atoms with E-state index >= 15 is 0 Å². The number of H-pyrrole nitrogens is 1. The summed E-state index contributed by atoms with van der Waals surface area (Å²) in [5.41, 5.74) is 1.97. The second kappa shape index (κ2) is 4.09. The highest BCUT2D eigenvalue weighted by atomic mass is 16.6. The maximum absolute atomic E-state index is 5.99. The first-order valence-electron chi connectivity index (χ1n) is 7.44. The van der Waals surface area contributed by atoms with Crippen LogP contribution >= 0.6 is 0 Å². The van der Waals surface area contributed by atoms with Crippen molar-refractivity contribution in [3.05, 3.63) is 17.7 Å². The van der Waals surface area contributed by atoms with Crippen LogP contribution < -0.4 is 0 Å². The van der Waals surface area contributed by atoms with Crippen LogP contribution in [0.3, 0.4) is 0 Å². The zero-order chi connectivity index (χ0) is 12.9. The molecule has 19 heavy (non-hydrogen) atoms. The molecule has 1 aromatic rings. The Morgan fingerprint density at radius 3 is 2.42 bits per heavy atom. The predicted molar refractivity (Wildman–Crippen MR) is 72.9 cm³/mol. The van der Waals surface area contributed by atoms with Crippen molar-refractivity contribution in [3.8, 4) is 0 Å². The quantitative estimate of drug-likeness (QED) is 0.670. The lowest BCUT2D eigenvalue weighted by Gasteiger charge is -2.54. The Balaban J connectivity index is 1.48. The van der Waals surface area contributed by atoms with Gasteiger partial charge in [0.1, 0.15) is 5.60 Å². The van der Waals surface area contributed by atoms with Crippen LogP contribution in [0.2, 0.25) is 0 Å². The highest BCUT2D eigenvalue weighted by molar-refractivity contribution is 5.77. The van der Waals surface area contributed by atoms with Crippen molar-refractivity contribution in [2.45, 2.75) is 51.0 Å². The van der Waals surface area contributed by atoms with Gasteiger partial charge in [0, 0.05) is 0 Å². The summed E-state index contributed by atoms with van der Waals surface area (Å²) < 4.78 is 0. The van der Waals surface area contributed by atoms with E-state index in [4.69, 9.17) is 4.84 Å². The standard InChI is InChI=1S/C15H21N3O/c1-10-14(17-9-16-10)8-18-19-15-5-11-2-12(6-15)4-13(3-11)7-15/h8-9,11-13H,2-7H2,1H3,(H,16,17). The zero-order valence-electron chi connectivity index (χ0n) is 11.4. The molecule has 4 heteroatoms. The number of hydrogen-bond donors (Lipinski definition) is 1. The fourth-order valence-electron chi connectivity index (χ4n) is 4.84. The van der Waals surface area contributed by atoms with E-state index in [0.29, 0.717) is 0 Å². The number of nitrogens with one attached hydrogen (secondary N) is 1. The van der Waals surface area contributed by atoms with Crippen LogP contribution in [-0.4, -0.2) is 21.8 Å². The van der Waals surface area contributed by atoms with Crippen LogP contribution in [0.1, 0.15) is 49.9 Å². The fourth-order valence-corrected chi connectivity index (χ4v) is 4.84. The summed E-state index contributed by atoms with van der Waals surface area (Å²) in [6.07, 6.45) is 11.4. The van der Waals surface area contributed by atoms with E-state index < -0.39 is 0 Å². The molecule has 4 nitrogen and oxygen atoms in total. The molecule has 1 N–H and O–H groups in total. The number of oxime groups is 1. The van der Waals surface area contributed by atoms with Crippen LogP contribution in [0.25, 0.3) is 0 Å². The van der Waals surface area contributed by atoms with Gasteiger partial charge < -0.3 is 9.82 Å². The van der Waals surface area contributed by atoms with Crippen LogP contribution in [0, 0.1) is 24.7 Å². The van der Waals surface area contributed by atoms with Gasteiger partial charge in [0.05, 0.1) is 23.9 Å². The van der Waals surface area contributed by atoms with Gasteiger partial charge in [-0.2, -0.15) is 0 Å². The monoisotopic (exact) mass is 259 g/mol. The van der Waals surface area contributed by atoms with Gasteiger partial charge in [-0.15, -0.1) is 0 Å². The minimum atomic E-state index is 0.0547. The topological polar surface area (TPSA) is 50.3 Å². The molecule has 0 radical (unpaired) electrons. The minimum absolute atomic E-state index is 0.0547. The Bertz CT molecular complexity index is 470. The second-order valence-corrected chi connectivity index (χ2v) is 6.83. The summed E-state index contributed by atoms with van der Waals surface area (Å²) in [5.74, 6) is 2.70. The first kappa shape index (κ1) is 11.5. The molecule has 0 aliphatic heterocycles. The van der Waals surface area contributed by atoms with Gasteiger partial charge in [-0.3, -0.25) is 0 Å². The largest absolute Gasteiger partial charge is 0.389 e. The van der Waals surface area contributed by atoms with Crippen molar-refractivity contribution in [2.24, 2.45) is 22.9 Å². The zero-order valence-corrected chi connectivity index (χ0v) is 11.4. The van der Waals surface area contributed by atoms with E-state index in [9.17, 15) is 0 Å². The van der Waals surface area contributed by atoms with Crippen LogP contribution in [0.4, 0.5) is 0 Å². The van der Waals surface area contributed by atoms with Crippen LogP contribution in [-0.2, 0) is 4.84 Å². The van der Waals surface area contributed by atoms with Gasteiger partial charge in [-0.25, -0.2) is 4.98 Å². The van der Waals surface area contributed by atoms with Crippen molar-refractivity contribution >= 4 is 6.21 Å². The molecule has 4 aliphatic rings. The Morgan fingerprint density at radius 2 is 1.89 bits per heavy atom. The van der Waals surface area contributed by atoms with Crippen molar-refractivity contribution < 1.29 is 4.84 Å². The van der Waals surface area contributed by atoms with Crippen LogP contribution in [0.5, 0.6) is 0 Å². The molecule has 4 aliphatic carbocycles. The summed E-state index contributed by atoms with van der Waals surface area (Å²) in [5, 5.41) is 4.27. The second-order valence-electron chi connectivity index (χ2n) is 6.83. The smallest absolute Gasteiger partial charge is 0.138 e. The number of hydrogen-bond acceptors (Lipinski definition) is 3. The number of aromatic amines is 1. The van der Waals surface area contributed by atoms with Gasteiger partial charge >= 0.3 is 0 Å². The average Bonchev–Trinajstić information content (AvgIpc) is 2.73. The summed E-state index contributed by atoms with van der Waals surface area (Å²) in [7, 11) is 0. The molecule has 0 amide bonds. The lowest BCUT2D eigenvalue weighted by atomic mass is 9.54. The predicted octanol–water partition coefficient (Wildman–Crippen LogP) is 3.04. The van der Waals surface area contributed by atoms with Gasteiger partial charge in [-0.05, 0) is 63.2 Å². The minimum Gasteiger partial charge on any atom is -0.389 e. The van der Waals surface area contributed by atoms with E-state index in [1.165, 1.54) is 38.5 Å². The van der Waals surface area contributed by atoms with Crippen LogP contribution in [0.15, 0.2) is 11.5 Å². The third-order valence-corrected chi connectivity index (χ3v) is 5.28. The number of rotatable bonds is 3. The maximum atomic E-state index is 5.99. The lowest BCUT2D eigenvalue weighted by Crippen LogP contribution is -2.51. The molecule has 0 saturated heterocycles. The van der Waals surface area contributed by atoms with Crippen molar-refractivity contribution in [3.63, 3.8) is 0 Å². The molecule has 102 valence electrons. The molecule has 4 bridgehead atoms. The first-order chi connectivity index (χ1) is 9.22. The Morgan fingerprint density at radius 1 is 1.26 bits per heavy atom. The summed E-state index contributed by atoms with van der Waals surface area (Å²) in [6, 6.07) is 0. The molecule has 1 heterocycles. The molecular weight excluding hydrogens is 238 g/mol. The molecule has 5 rings (SSSR count). The Kier molecular flexibility index (Phi) is 2.47. The average molecular weight is 259 g/mol. The maximum Gasteiger partial charge on any atom is 0.138 e. The van der Waals surface area contributed by atoms with E-state index in [2.05, 4.69) is 15.1 Å². The Hall–Kier alpha value is -1.32. The van der Waals surface area contributed by atoms with E-state index in [0.717, 1.165) is 29.1 Å². The summed E-state index contributed by atoms with van der Waals surface area (Å²) in [4.78, 5) is 13.2. The van der Waals surface area contributed by atoms with Gasteiger partial charge in [0.25, 0.3) is 0 Å². The van der Waals surface area contributed by atoms with E-state index in [1.54, 1.807) is 12.5 Å². The van der Waals surface area contributed by atoms with Gasteiger partial charge in [-0.1, -0.05) is 5.16 Å². The third-order valence-electron chi connectivity index (χ3n) is 5.28. The van der Waals surface area contributed by atoms with Crippen molar-refractivity contribution in [1.82, 2.24) is 9.97 Å². The number of aromatic nitrogens is 2. The Labute approximate surface area is 113 Å². The molecule has 1 aromatic heterocycles. The van der Waals surface area contributed by atoms with E-state index in [-0.39, 0.29) is 5.60 Å². The van der Waals surface area contributed by atoms with Gasteiger partial charge in [0.2, 0.25) is 0 Å². The number of imidazole rings is 1. The third kappa shape index (κ3) is 1.97. The normalized spacial score (nSPS) is 40.2. The van der Waals surface area contributed by atoms with Crippen molar-refractivity contribution in [2.75, 3.05) is 0 Å². The molecule has 4 fully saturated rings. The first-order valence-corrected chi connectivity index (χ1v) is 7.44. The number of aryl methyl sites for hydroxylation is 1. The SMILES string of the molecule is Cc1nc[nH]c1C=NOC12CC3CC(CC(C3)C1)C2. The molecule has 0 atom stereocenters. The highest BCUT2D eigenvalue weighted by Crippen LogP contribution is 2.57. The summed E-state index contributed by atoms with van der Waals surface area (Å²) >= 11 is 0. The molecule has 4 saturated carbocycles. The van der Waals surface area contributed by atoms with Gasteiger partial charge in [0.15, 0.2) is 0 Å². The molecule has 0 unspecified atom stereocenters. The molecule has 0 spiro atoms. The van der Waals surface area contributed by atoms with E-state index in [1.807, 2.05) is 6.92 Å². The van der Waals surface area contributed by atoms with Crippen molar-refractivity contribution in [1.29, 1.82) is 0 Å². The number of nitrogens with zero attached hydrogens (tertiary/aromatic N) is 2.